The van der Waals surface area contributed by atoms with E-state index in [1.165, 1.54) is 18.2 Å². The molecule has 0 spiro atoms. The van der Waals surface area contributed by atoms with Gasteiger partial charge in [-0.3, -0.25) is 4.79 Å². The van der Waals surface area contributed by atoms with Crippen molar-refractivity contribution in [2.75, 3.05) is 18.9 Å². The maximum Gasteiger partial charge on any atom is 0.228 e. The van der Waals surface area contributed by atoms with Gasteiger partial charge < -0.3 is 10.6 Å². The number of benzene rings is 1. The first kappa shape index (κ1) is 12.9. The van der Waals surface area contributed by atoms with Gasteiger partial charge in [0.25, 0.3) is 0 Å². The minimum Gasteiger partial charge on any atom is -0.322 e. The highest BCUT2D eigenvalue weighted by molar-refractivity contribution is 6.33. The van der Waals surface area contributed by atoms with Crippen molar-refractivity contribution in [2.45, 2.75) is 6.92 Å². The summed E-state index contributed by atoms with van der Waals surface area (Å²) in [6, 6.07) is 4.28. The summed E-state index contributed by atoms with van der Waals surface area (Å²) < 4.78 is 13.3. The average Bonchev–Trinajstić information content (AvgIpc) is 2.23. The van der Waals surface area contributed by atoms with Gasteiger partial charge in [0.05, 0.1) is 10.7 Å². The molecule has 0 aromatic heterocycles. The minimum atomic E-state index is -0.530. The molecule has 1 atom stereocenters. The van der Waals surface area contributed by atoms with Crippen LogP contribution in [-0.2, 0) is 4.79 Å². The Bertz CT molecular complexity index is 364. The van der Waals surface area contributed by atoms with Gasteiger partial charge in [0.2, 0.25) is 5.91 Å². The lowest BCUT2D eigenvalue weighted by atomic mass is 10.1. The van der Waals surface area contributed by atoms with Crippen molar-refractivity contribution < 1.29 is 9.18 Å². The van der Waals surface area contributed by atoms with Crippen LogP contribution < -0.4 is 10.6 Å². The number of hydrogen-bond acceptors (Lipinski definition) is 2. The molecule has 1 rings (SSSR count). The molecule has 0 aliphatic carbocycles. The van der Waals surface area contributed by atoms with E-state index >= 15 is 0 Å². The molecule has 0 saturated carbocycles. The van der Waals surface area contributed by atoms with Crippen LogP contribution >= 0.6 is 11.6 Å². The number of halogens is 2. The van der Waals surface area contributed by atoms with E-state index in [-0.39, 0.29) is 22.5 Å². The number of hydrogen-bond donors (Lipinski definition) is 2. The molecule has 5 heteroatoms. The average molecular weight is 245 g/mol. The summed E-state index contributed by atoms with van der Waals surface area (Å²) in [6.07, 6.45) is 0. The Morgan fingerprint density at radius 1 is 1.56 bits per heavy atom. The van der Waals surface area contributed by atoms with E-state index < -0.39 is 5.82 Å². The van der Waals surface area contributed by atoms with Crippen molar-refractivity contribution in [1.29, 1.82) is 0 Å². The van der Waals surface area contributed by atoms with Crippen molar-refractivity contribution in [3.8, 4) is 0 Å². The molecule has 88 valence electrons. The number of anilines is 1. The maximum absolute atomic E-state index is 13.3. The lowest BCUT2D eigenvalue weighted by molar-refractivity contribution is -0.119. The van der Waals surface area contributed by atoms with Gasteiger partial charge in [-0.25, -0.2) is 4.39 Å². The molecule has 3 nitrogen and oxygen atoms in total. The van der Waals surface area contributed by atoms with E-state index in [0.717, 1.165) is 0 Å². The largest absolute Gasteiger partial charge is 0.322 e. The van der Waals surface area contributed by atoms with Crippen LogP contribution in [0.5, 0.6) is 0 Å². The summed E-state index contributed by atoms with van der Waals surface area (Å²) >= 11 is 5.79. The first-order chi connectivity index (χ1) is 7.56. The first-order valence-corrected chi connectivity index (χ1v) is 5.33. The molecule has 1 unspecified atom stereocenters. The SMILES string of the molecule is CNCC(C)C(=O)Nc1c(F)cccc1Cl. The van der Waals surface area contributed by atoms with E-state index in [1.807, 2.05) is 0 Å². The highest BCUT2D eigenvalue weighted by atomic mass is 35.5. The second-order valence-electron chi connectivity index (χ2n) is 3.54. The normalized spacial score (nSPS) is 12.2. The predicted molar refractivity (Wildman–Crippen MR) is 63.1 cm³/mol. The summed E-state index contributed by atoms with van der Waals surface area (Å²) in [5.74, 6) is -1.04. The topological polar surface area (TPSA) is 41.1 Å². The predicted octanol–water partition coefficient (Wildman–Crippen LogP) is 2.27. The van der Waals surface area contributed by atoms with Crippen LogP contribution in [0.4, 0.5) is 10.1 Å². The van der Waals surface area contributed by atoms with E-state index in [9.17, 15) is 9.18 Å². The Labute approximate surface area is 99.0 Å². The zero-order valence-electron chi connectivity index (χ0n) is 9.18. The molecule has 0 saturated heterocycles. The Kier molecular flexibility index (Phi) is 4.71. The molecular weight excluding hydrogens is 231 g/mol. The molecule has 0 aliphatic heterocycles. The van der Waals surface area contributed by atoms with Crippen LogP contribution in [0.25, 0.3) is 0 Å². The molecule has 1 amide bonds. The fraction of sp³-hybridized carbons (Fsp3) is 0.364. The number of amides is 1. The van der Waals surface area contributed by atoms with Gasteiger partial charge >= 0.3 is 0 Å². The van der Waals surface area contributed by atoms with Crippen molar-refractivity contribution in [2.24, 2.45) is 5.92 Å². The lowest BCUT2D eigenvalue weighted by Gasteiger charge is -2.13. The smallest absolute Gasteiger partial charge is 0.228 e. The fourth-order valence-electron chi connectivity index (χ4n) is 1.26. The van der Waals surface area contributed by atoms with Crippen LogP contribution in [0.2, 0.25) is 5.02 Å². The summed E-state index contributed by atoms with van der Waals surface area (Å²) in [7, 11) is 1.75. The number of para-hydroxylation sites is 1. The molecule has 2 N–H and O–H groups in total. The molecular formula is C11H14ClFN2O. The third-order valence-corrected chi connectivity index (χ3v) is 2.48. The monoisotopic (exact) mass is 244 g/mol. The first-order valence-electron chi connectivity index (χ1n) is 4.95. The second kappa shape index (κ2) is 5.82. The van der Waals surface area contributed by atoms with E-state index in [2.05, 4.69) is 10.6 Å². The zero-order valence-corrected chi connectivity index (χ0v) is 9.94. The van der Waals surface area contributed by atoms with Crippen molar-refractivity contribution in [3.63, 3.8) is 0 Å². The van der Waals surface area contributed by atoms with Gasteiger partial charge in [0.15, 0.2) is 0 Å². The summed E-state index contributed by atoms with van der Waals surface area (Å²) in [4.78, 5) is 11.6. The Balaban J connectivity index is 2.77. The number of carbonyl (C=O) groups excluding carboxylic acids is 1. The van der Waals surface area contributed by atoms with Crippen molar-refractivity contribution in [1.82, 2.24) is 5.32 Å². The van der Waals surface area contributed by atoms with Crippen LogP contribution in [-0.4, -0.2) is 19.5 Å². The summed E-state index contributed by atoms with van der Waals surface area (Å²) in [5.41, 5.74) is 0.0390. The van der Waals surface area contributed by atoms with Crippen molar-refractivity contribution >= 4 is 23.2 Å². The fourth-order valence-corrected chi connectivity index (χ4v) is 1.47. The molecule has 0 aliphatic rings. The Morgan fingerprint density at radius 3 is 2.81 bits per heavy atom. The number of rotatable bonds is 4. The number of nitrogens with one attached hydrogen (secondary N) is 2. The Hall–Kier alpha value is -1.13. The lowest BCUT2D eigenvalue weighted by Crippen LogP contribution is -2.29. The molecule has 0 radical (unpaired) electrons. The van der Waals surface area contributed by atoms with Gasteiger partial charge in [0.1, 0.15) is 5.82 Å². The van der Waals surface area contributed by atoms with Gasteiger partial charge in [-0.05, 0) is 19.2 Å². The van der Waals surface area contributed by atoms with Gasteiger partial charge in [-0.15, -0.1) is 0 Å². The van der Waals surface area contributed by atoms with Gasteiger partial charge in [0, 0.05) is 12.5 Å². The number of carbonyl (C=O) groups is 1. The van der Waals surface area contributed by atoms with Gasteiger partial charge in [-0.1, -0.05) is 24.6 Å². The second-order valence-corrected chi connectivity index (χ2v) is 3.95. The van der Waals surface area contributed by atoms with Crippen LogP contribution in [0, 0.1) is 11.7 Å². The van der Waals surface area contributed by atoms with Crippen molar-refractivity contribution in [3.05, 3.63) is 29.0 Å². The van der Waals surface area contributed by atoms with Crippen LogP contribution in [0.1, 0.15) is 6.92 Å². The van der Waals surface area contributed by atoms with Gasteiger partial charge in [-0.2, -0.15) is 0 Å². The summed E-state index contributed by atoms with van der Waals surface area (Å²) in [5, 5.41) is 5.55. The molecule has 0 fully saturated rings. The molecule has 16 heavy (non-hydrogen) atoms. The highest BCUT2D eigenvalue weighted by Gasteiger charge is 2.15. The van der Waals surface area contributed by atoms with Crippen LogP contribution in [0.15, 0.2) is 18.2 Å². The van der Waals surface area contributed by atoms with E-state index in [4.69, 9.17) is 11.6 Å². The highest BCUT2D eigenvalue weighted by Crippen LogP contribution is 2.24. The third-order valence-electron chi connectivity index (χ3n) is 2.17. The molecule has 0 bridgehead atoms. The third kappa shape index (κ3) is 3.18. The van der Waals surface area contributed by atoms with E-state index in [0.29, 0.717) is 6.54 Å². The summed E-state index contributed by atoms with van der Waals surface area (Å²) in [6.45, 7) is 2.28. The minimum absolute atomic E-state index is 0.0390. The maximum atomic E-state index is 13.3. The quantitative estimate of drug-likeness (QED) is 0.853. The standard InChI is InChI=1S/C11H14ClFN2O/c1-7(6-14-2)11(16)15-10-8(12)4-3-5-9(10)13/h3-5,7,14H,6H2,1-2H3,(H,15,16). The molecule has 0 heterocycles. The zero-order chi connectivity index (χ0) is 12.1. The molecule has 1 aromatic carbocycles. The van der Waals surface area contributed by atoms with E-state index in [1.54, 1.807) is 14.0 Å². The Morgan fingerprint density at radius 2 is 2.25 bits per heavy atom. The molecule has 1 aromatic rings. The van der Waals surface area contributed by atoms with Crippen LogP contribution in [0.3, 0.4) is 0 Å².